The molecule has 0 aliphatic carbocycles. The third kappa shape index (κ3) is 8.53. The molecule has 0 fully saturated rings. The average Bonchev–Trinajstić information content (AvgIpc) is 2.76. The average molecular weight is 461 g/mol. The number of benzene rings is 2. The van der Waals surface area contributed by atoms with Gasteiger partial charge >= 0.3 is 24.1 Å². The SMILES string of the molecule is O=C(O)CCC(NC(=O)Nc1ccc(COC(=O)Oc2ccc([N+](=O)[O-])cc2)cc1)C(=O)O. The zero-order valence-electron chi connectivity index (χ0n) is 16.9. The summed E-state index contributed by atoms with van der Waals surface area (Å²) < 4.78 is 9.85. The van der Waals surface area contributed by atoms with E-state index in [1.807, 2.05) is 0 Å². The van der Waals surface area contributed by atoms with E-state index < -0.39 is 41.5 Å². The highest BCUT2D eigenvalue weighted by Gasteiger charge is 2.21. The van der Waals surface area contributed by atoms with Gasteiger partial charge in [-0.25, -0.2) is 14.4 Å². The van der Waals surface area contributed by atoms with E-state index in [0.717, 1.165) is 0 Å². The van der Waals surface area contributed by atoms with Crippen LogP contribution in [0.3, 0.4) is 0 Å². The fraction of sp³-hybridized carbons (Fsp3) is 0.200. The second kappa shape index (κ2) is 11.6. The molecule has 0 bridgehead atoms. The van der Waals surface area contributed by atoms with Crippen molar-refractivity contribution in [3.8, 4) is 5.75 Å². The van der Waals surface area contributed by atoms with Crippen LogP contribution in [0.25, 0.3) is 0 Å². The van der Waals surface area contributed by atoms with Gasteiger partial charge in [-0.1, -0.05) is 12.1 Å². The Bertz CT molecular complexity index is 1020. The molecule has 0 aliphatic rings. The molecule has 13 nitrogen and oxygen atoms in total. The van der Waals surface area contributed by atoms with Crippen molar-refractivity contribution in [2.24, 2.45) is 0 Å². The minimum atomic E-state index is -1.37. The number of hydrogen-bond donors (Lipinski definition) is 4. The number of hydrogen-bond acceptors (Lipinski definition) is 8. The van der Waals surface area contributed by atoms with E-state index in [0.29, 0.717) is 11.3 Å². The summed E-state index contributed by atoms with van der Waals surface area (Å²) in [5, 5.41) is 32.9. The number of urea groups is 1. The van der Waals surface area contributed by atoms with E-state index >= 15 is 0 Å². The number of non-ortho nitro benzene ring substituents is 1. The Labute approximate surface area is 186 Å². The summed E-state index contributed by atoms with van der Waals surface area (Å²) in [6.45, 7) is -0.158. The number of rotatable bonds is 10. The molecule has 1 unspecified atom stereocenters. The highest BCUT2D eigenvalue weighted by Crippen LogP contribution is 2.18. The molecular weight excluding hydrogens is 442 g/mol. The number of aliphatic carboxylic acids is 2. The van der Waals surface area contributed by atoms with Gasteiger partial charge in [-0.2, -0.15) is 0 Å². The number of anilines is 1. The zero-order valence-corrected chi connectivity index (χ0v) is 16.9. The molecule has 2 aromatic rings. The lowest BCUT2D eigenvalue weighted by atomic mass is 10.1. The van der Waals surface area contributed by atoms with Crippen LogP contribution in [0, 0.1) is 10.1 Å². The summed E-state index contributed by atoms with van der Waals surface area (Å²) in [6, 6.07) is 8.69. The molecule has 174 valence electrons. The second-order valence-electron chi connectivity index (χ2n) is 6.51. The van der Waals surface area contributed by atoms with E-state index in [1.54, 1.807) is 0 Å². The third-order valence-corrected chi connectivity index (χ3v) is 4.07. The predicted molar refractivity (Wildman–Crippen MR) is 111 cm³/mol. The van der Waals surface area contributed by atoms with E-state index in [9.17, 15) is 29.3 Å². The Morgan fingerprint density at radius 2 is 1.64 bits per heavy atom. The molecule has 2 amide bonds. The normalized spacial score (nSPS) is 11.0. The molecule has 0 aliphatic heterocycles. The molecule has 1 atom stereocenters. The van der Waals surface area contributed by atoms with Crippen molar-refractivity contribution in [2.45, 2.75) is 25.5 Å². The molecule has 13 heteroatoms. The van der Waals surface area contributed by atoms with Crippen LogP contribution < -0.4 is 15.4 Å². The van der Waals surface area contributed by atoms with Gasteiger partial charge in [0, 0.05) is 24.2 Å². The molecule has 0 saturated heterocycles. The fourth-order valence-electron chi connectivity index (χ4n) is 2.44. The van der Waals surface area contributed by atoms with Gasteiger partial charge in [0.05, 0.1) is 4.92 Å². The summed E-state index contributed by atoms with van der Waals surface area (Å²) in [4.78, 5) is 55.4. The number of carboxylic acids is 2. The number of amides is 2. The smallest absolute Gasteiger partial charge is 0.481 e. The molecule has 2 aromatic carbocycles. The van der Waals surface area contributed by atoms with Crippen LogP contribution in [-0.4, -0.2) is 45.3 Å². The summed E-state index contributed by atoms with van der Waals surface area (Å²) in [7, 11) is 0. The fourth-order valence-corrected chi connectivity index (χ4v) is 2.44. The maximum absolute atomic E-state index is 11.9. The highest BCUT2D eigenvalue weighted by atomic mass is 16.7. The number of nitro benzene ring substituents is 1. The van der Waals surface area contributed by atoms with Crippen molar-refractivity contribution in [1.29, 1.82) is 0 Å². The molecule has 0 radical (unpaired) electrons. The van der Waals surface area contributed by atoms with Crippen molar-refractivity contribution >= 4 is 35.5 Å². The number of nitrogens with zero attached hydrogens (tertiary/aromatic N) is 1. The summed E-state index contributed by atoms with van der Waals surface area (Å²) in [5.74, 6) is -2.48. The Morgan fingerprint density at radius 3 is 2.18 bits per heavy atom. The van der Waals surface area contributed by atoms with E-state index in [2.05, 4.69) is 10.6 Å². The van der Waals surface area contributed by atoms with E-state index in [1.165, 1.54) is 48.5 Å². The van der Waals surface area contributed by atoms with Crippen LogP contribution in [0.1, 0.15) is 18.4 Å². The number of ether oxygens (including phenoxy) is 2. The topological polar surface area (TPSA) is 194 Å². The quantitative estimate of drug-likeness (QED) is 0.177. The van der Waals surface area contributed by atoms with Crippen molar-refractivity contribution in [3.05, 3.63) is 64.2 Å². The van der Waals surface area contributed by atoms with Gasteiger partial charge in [-0.15, -0.1) is 0 Å². The number of nitro groups is 1. The van der Waals surface area contributed by atoms with Gasteiger partial charge in [0.15, 0.2) is 0 Å². The predicted octanol–water partition coefficient (Wildman–Crippen LogP) is 2.75. The van der Waals surface area contributed by atoms with Gasteiger partial charge < -0.3 is 30.3 Å². The standard InChI is InChI=1S/C20H19N3O10/c24-17(25)10-9-16(18(26)27)22-19(28)21-13-3-1-12(2-4-13)11-32-20(29)33-15-7-5-14(6-8-15)23(30)31/h1-8,16H,9-11H2,(H,24,25)(H,26,27)(H2,21,22,28). The first-order valence-electron chi connectivity index (χ1n) is 9.34. The lowest BCUT2D eigenvalue weighted by molar-refractivity contribution is -0.384. The van der Waals surface area contributed by atoms with Crippen LogP contribution in [0.2, 0.25) is 0 Å². The maximum atomic E-state index is 11.9. The Balaban J connectivity index is 1.81. The monoisotopic (exact) mass is 461 g/mol. The Morgan fingerprint density at radius 1 is 1.00 bits per heavy atom. The molecule has 33 heavy (non-hydrogen) atoms. The molecule has 4 N–H and O–H groups in total. The zero-order chi connectivity index (χ0) is 24.4. The number of carbonyl (C=O) groups is 4. The van der Waals surface area contributed by atoms with Crippen LogP contribution in [0.4, 0.5) is 21.0 Å². The van der Waals surface area contributed by atoms with Gasteiger partial charge in [0.1, 0.15) is 18.4 Å². The summed E-state index contributed by atoms with van der Waals surface area (Å²) >= 11 is 0. The highest BCUT2D eigenvalue weighted by molar-refractivity contribution is 5.92. The number of nitrogens with one attached hydrogen (secondary N) is 2. The first-order valence-corrected chi connectivity index (χ1v) is 9.34. The van der Waals surface area contributed by atoms with Crippen LogP contribution >= 0.6 is 0 Å². The lowest BCUT2D eigenvalue weighted by Gasteiger charge is -2.14. The van der Waals surface area contributed by atoms with Crippen molar-refractivity contribution in [1.82, 2.24) is 5.32 Å². The van der Waals surface area contributed by atoms with Crippen molar-refractivity contribution in [2.75, 3.05) is 5.32 Å². The Kier molecular flexibility index (Phi) is 8.67. The van der Waals surface area contributed by atoms with Gasteiger partial charge in [0.25, 0.3) is 5.69 Å². The van der Waals surface area contributed by atoms with Gasteiger partial charge in [-0.05, 0) is 36.2 Å². The van der Waals surface area contributed by atoms with Crippen molar-refractivity contribution in [3.63, 3.8) is 0 Å². The molecule has 0 spiro atoms. The second-order valence-corrected chi connectivity index (χ2v) is 6.51. The molecule has 2 rings (SSSR count). The molecule has 0 aromatic heterocycles. The molecule has 0 saturated carbocycles. The minimum Gasteiger partial charge on any atom is -0.481 e. The lowest BCUT2D eigenvalue weighted by Crippen LogP contribution is -2.43. The number of carboxylic acid groups (broad SMARTS) is 2. The minimum absolute atomic E-state index is 0.0687. The van der Waals surface area contributed by atoms with Crippen LogP contribution in [0.5, 0.6) is 5.75 Å². The van der Waals surface area contributed by atoms with Crippen molar-refractivity contribution < 1.29 is 43.8 Å². The number of carbonyl (C=O) groups excluding carboxylic acids is 2. The molecular formula is C20H19N3O10. The van der Waals surface area contributed by atoms with E-state index in [4.69, 9.17) is 19.7 Å². The van der Waals surface area contributed by atoms with Crippen LogP contribution in [-0.2, 0) is 20.9 Å². The van der Waals surface area contributed by atoms with Gasteiger partial charge in [-0.3, -0.25) is 14.9 Å². The third-order valence-electron chi connectivity index (χ3n) is 4.07. The van der Waals surface area contributed by atoms with Gasteiger partial charge in [0.2, 0.25) is 0 Å². The summed E-state index contributed by atoms with van der Waals surface area (Å²) in [5.41, 5.74) is 0.704. The summed E-state index contributed by atoms with van der Waals surface area (Å²) in [6.07, 6.45) is -1.71. The molecule has 0 heterocycles. The van der Waals surface area contributed by atoms with E-state index in [-0.39, 0.29) is 24.5 Å². The largest absolute Gasteiger partial charge is 0.514 e. The Hall–Kier alpha value is -4.68. The maximum Gasteiger partial charge on any atom is 0.514 e. The van der Waals surface area contributed by atoms with Crippen LogP contribution in [0.15, 0.2) is 48.5 Å². The first kappa shape index (κ1) is 24.6. The first-order chi connectivity index (χ1) is 15.6.